The molecule has 1 unspecified atom stereocenters. The van der Waals surface area contributed by atoms with Crippen molar-refractivity contribution < 1.29 is 0 Å². The van der Waals surface area contributed by atoms with Crippen LogP contribution in [0.15, 0.2) is 22.8 Å². The van der Waals surface area contributed by atoms with Gasteiger partial charge >= 0.3 is 0 Å². The van der Waals surface area contributed by atoms with Crippen molar-refractivity contribution in [3.63, 3.8) is 0 Å². The van der Waals surface area contributed by atoms with Crippen LogP contribution in [0.5, 0.6) is 0 Å². The Labute approximate surface area is 61.2 Å². The number of hydrogen-bond acceptors (Lipinski definition) is 0. The van der Waals surface area contributed by atoms with Gasteiger partial charge < -0.3 is 0 Å². The van der Waals surface area contributed by atoms with E-state index in [1.165, 1.54) is 5.57 Å². The quantitative estimate of drug-likeness (QED) is 0.488. The van der Waals surface area contributed by atoms with E-state index in [4.69, 9.17) is 11.6 Å². The summed E-state index contributed by atoms with van der Waals surface area (Å²) < 4.78 is 0. The largest absolute Gasteiger partial charge is 0.0888 e. The second kappa shape index (κ2) is 2.57. The van der Waals surface area contributed by atoms with Gasteiger partial charge in [0.1, 0.15) is 0 Å². The van der Waals surface area contributed by atoms with E-state index in [-0.39, 0.29) is 0 Å². The number of halogens is 1. The lowest BCUT2D eigenvalue weighted by Crippen LogP contribution is -1.95. The molecule has 0 amide bonds. The maximum atomic E-state index is 5.89. The van der Waals surface area contributed by atoms with Gasteiger partial charge in [-0.2, -0.15) is 0 Å². The molecule has 0 nitrogen and oxygen atoms in total. The maximum absolute atomic E-state index is 5.89. The average molecular weight is 143 g/mol. The first-order chi connectivity index (χ1) is 4.20. The Balaban J connectivity index is 2.75. The van der Waals surface area contributed by atoms with Gasteiger partial charge in [0.15, 0.2) is 0 Å². The normalized spacial score (nSPS) is 27.2. The fourth-order valence-electron chi connectivity index (χ4n) is 0.911. The lowest BCUT2D eigenvalue weighted by molar-refractivity contribution is 0.722. The van der Waals surface area contributed by atoms with Gasteiger partial charge in [-0.25, -0.2) is 0 Å². The third-order valence-electron chi connectivity index (χ3n) is 1.60. The van der Waals surface area contributed by atoms with Crippen LogP contribution in [0.1, 0.15) is 20.3 Å². The van der Waals surface area contributed by atoms with Crippen molar-refractivity contribution in [1.82, 2.24) is 0 Å². The van der Waals surface area contributed by atoms with Crippen LogP contribution in [-0.2, 0) is 0 Å². The highest BCUT2D eigenvalue weighted by Crippen LogP contribution is 2.25. The summed E-state index contributed by atoms with van der Waals surface area (Å²) in [5.74, 6) is 0.626. The summed E-state index contributed by atoms with van der Waals surface area (Å²) in [6.07, 6.45) is 5.31. The summed E-state index contributed by atoms with van der Waals surface area (Å²) in [6, 6.07) is 0. The molecule has 9 heavy (non-hydrogen) atoms. The van der Waals surface area contributed by atoms with Gasteiger partial charge in [-0.3, -0.25) is 0 Å². The fraction of sp³-hybridized carbons (Fsp3) is 0.500. The van der Waals surface area contributed by atoms with Gasteiger partial charge in [-0.15, -0.1) is 0 Å². The van der Waals surface area contributed by atoms with Crippen molar-refractivity contribution in [2.24, 2.45) is 5.92 Å². The number of hydrogen-bond donors (Lipinski definition) is 0. The molecule has 0 aromatic heterocycles. The average Bonchev–Trinajstić information content (AvgIpc) is 1.80. The smallest absolute Gasteiger partial charge is 0.0215 e. The Morgan fingerprint density at radius 3 is 2.78 bits per heavy atom. The summed E-state index contributed by atoms with van der Waals surface area (Å²) in [5.41, 5.74) is 1.22. The number of allylic oxidation sites excluding steroid dienone is 4. The molecule has 0 saturated carbocycles. The lowest BCUT2D eigenvalue weighted by Gasteiger charge is -2.11. The SMILES string of the molecule is CC1=C(Cl)CC(C)C=C1. The van der Waals surface area contributed by atoms with Crippen molar-refractivity contribution in [2.45, 2.75) is 20.3 Å². The summed E-state index contributed by atoms with van der Waals surface area (Å²) in [5, 5.41) is 1.02. The molecule has 0 saturated heterocycles. The molecule has 1 heteroatoms. The van der Waals surface area contributed by atoms with E-state index < -0.39 is 0 Å². The first-order valence-corrected chi connectivity index (χ1v) is 3.61. The van der Waals surface area contributed by atoms with E-state index in [0.717, 1.165) is 11.5 Å². The Morgan fingerprint density at radius 1 is 1.67 bits per heavy atom. The molecule has 0 radical (unpaired) electrons. The summed E-state index contributed by atoms with van der Waals surface area (Å²) in [4.78, 5) is 0. The van der Waals surface area contributed by atoms with E-state index in [1.807, 2.05) is 6.92 Å². The monoisotopic (exact) mass is 142 g/mol. The Morgan fingerprint density at radius 2 is 2.33 bits per heavy atom. The molecule has 0 spiro atoms. The Bertz CT molecular complexity index is 165. The fourth-order valence-corrected chi connectivity index (χ4v) is 1.22. The predicted molar refractivity (Wildman–Crippen MR) is 41.5 cm³/mol. The molecule has 0 bridgehead atoms. The van der Waals surface area contributed by atoms with Crippen molar-refractivity contribution in [3.05, 3.63) is 22.8 Å². The maximum Gasteiger partial charge on any atom is 0.0215 e. The van der Waals surface area contributed by atoms with Crippen LogP contribution >= 0.6 is 11.6 Å². The molecule has 1 atom stereocenters. The van der Waals surface area contributed by atoms with Gasteiger partial charge in [-0.1, -0.05) is 30.7 Å². The van der Waals surface area contributed by atoms with E-state index in [1.54, 1.807) is 0 Å². The molecule has 1 aliphatic rings. The van der Waals surface area contributed by atoms with Crippen LogP contribution in [0, 0.1) is 5.92 Å². The van der Waals surface area contributed by atoms with E-state index >= 15 is 0 Å². The summed E-state index contributed by atoms with van der Waals surface area (Å²) >= 11 is 5.89. The zero-order chi connectivity index (χ0) is 6.85. The predicted octanol–water partition coefficient (Wildman–Crippen LogP) is 3.10. The van der Waals surface area contributed by atoms with Crippen molar-refractivity contribution in [2.75, 3.05) is 0 Å². The molecule has 1 aliphatic carbocycles. The summed E-state index contributed by atoms with van der Waals surface area (Å²) in [6.45, 7) is 4.22. The van der Waals surface area contributed by atoms with Crippen LogP contribution < -0.4 is 0 Å². The van der Waals surface area contributed by atoms with E-state index in [2.05, 4.69) is 19.1 Å². The van der Waals surface area contributed by atoms with Crippen LogP contribution in [0.3, 0.4) is 0 Å². The molecule has 0 heterocycles. The standard InChI is InChI=1S/C8H11Cl/c1-6-3-4-7(2)8(9)5-6/h3-4,6H,5H2,1-2H3. The van der Waals surface area contributed by atoms with Gasteiger partial charge in [-0.05, 0) is 24.8 Å². The highest BCUT2D eigenvalue weighted by atomic mass is 35.5. The van der Waals surface area contributed by atoms with Crippen molar-refractivity contribution in [1.29, 1.82) is 0 Å². The molecule has 0 aliphatic heterocycles. The van der Waals surface area contributed by atoms with E-state index in [9.17, 15) is 0 Å². The lowest BCUT2D eigenvalue weighted by atomic mass is 9.99. The third-order valence-corrected chi connectivity index (χ3v) is 2.06. The second-order valence-corrected chi connectivity index (χ2v) is 3.08. The number of rotatable bonds is 0. The molecule has 1 rings (SSSR count). The van der Waals surface area contributed by atoms with Gasteiger partial charge in [0.25, 0.3) is 0 Å². The zero-order valence-electron chi connectivity index (χ0n) is 5.82. The highest BCUT2D eigenvalue weighted by molar-refractivity contribution is 6.30. The molecule has 0 aromatic rings. The second-order valence-electron chi connectivity index (χ2n) is 2.63. The minimum absolute atomic E-state index is 0.626. The first kappa shape index (κ1) is 6.88. The molecular formula is C8H11Cl. The highest BCUT2D eigenvalue weighted by Gasteiger charge is 2.06. The zero-order valence-corrected chi connectivity index (χ0v) is 6.57. The van der Waals surface area contributed by atoms with Crippen LogP contribution in [0.4, 0.5) is 0 Å². The van der Waals surface area contributed by atoms with Gasteiger partial charge in [0.05, 0.1) is 0 Å². The Hall–Kier alpha value is -0.230. The van der Waals surface area contributed by atoms with Crippen molar-refractivity contribution >= 4 is 11.6 Å². The molecular weight excluding hydrogens is 132 g/mol. The molecule has 50 valence electrons. The van der Waals surface area contributed by atoms with Crippen LogP contribution in [0.25, 0.3) is 0 Å². The molecule has 0 fully saturated rings. The minimum Gasteiger partial charge on any atom is -0.0888 e. The van der Waals surface area contributed by atoms with Crippen LogP contribution in [-0.4, -0.2) is 0 Å². The third kappa shape index (κ3) is 1.59. The van der Waals surface area contributed by atoms with Gasteiger partial charge in [0.2, 0.25) is 0 Å². The topological polar surface area (TPSA) is 0 Å². The van der Waals surface area contributed by atoms with Crippen molar-refractivity contribution in [3.8, 4) is 0 Å². The molecule has 0 aromatic carbocycles. The van der Waals surface area contributed by atoms with E-state index in [0.29, 0.717) is 5.92 Å². The van der Waals surface area contributed by atoms with Gasteiger partial charge in [0, 0.05) is 5.03 Å². The Kier molecular flexibility index (Phi) is 1.97. The minimum atomic E-state index is 0.626. The first-order valence-electron chi connectivity index (χ1n) is 3.23. The summed E-state index contributed by atoms with van der Waals surface area (Å²) in [7, 11) is 0. The molecule has 0 N–H and O–H groups in total. The van der Waals surface area contributed by atoms with Crippen LogP contribution in [0.2, 0.25) is 0 Å².